The number of carbonyl (C=O) groups excluding carboxylic acids is 1. The van der Waals surface area contributed by atoms with Gasteiger partial charge in [-0.05, 0) is 38.2 Å². The lowest BCUT2D eigenvalue weighted by Crippen LogP contribution is -2.49. The molecule has 8 nitrogen and oxygen atoms in total. The Kier molecular flexibility index (Phi) is 8.59. The number of aromatic nitrogens is 3. The molecule has 0 radical (unpaired) electrons. The normalized spacial score (nSPS) is 16.2. The second-order valence-electron chi connectivity index (χ2n) is 7.70. The summed E-state index contributed by atoms with van der Waals surface area (Å²) in [6.07, 6.45) is 7.24. The number of hydrogen-bond donors (Lipinski definition) is 2. The van der Waals surface area contributed by atoms with Crippen LogP contribution in [0.5, 0.6) is 0 Å². The Balaban J connectivity index is 2.06. The number of rotatable bonds is 9. The minimum absolute atomic E-state index is 0.211. The Bertz CT molecular complexity index is 665. The number of nitrogens with one attached hydrogen (secondary N) is 2. The van der Waals surface area contributed by atoms with Gasteiger partial charge < -0.3 is 20.1 Å². The summed E-state index contributed by atoms with van der Waals surface area (Å²) in [5, 5.41) is 15.1. The summed E-state index contributed by atoms with van der Waals surface area (Å²) >= 11 is 1.84. The number of nitrogens with zero attached hydrogens (tertiary/aromatic N) is 5. The number of aryl methyl sites for hydroxylation is 1. The Morgan fingerprint density at radius 1 is 1.29 bits per heavy atom. The van der Waals surface area contributed by atoms with Crippen LogP contribution in [-0.4, -0.2) is 70.7 Å². The van der Waals surface area contributed by atoms with Gasteiger partial charge in [0.05, 0.1) is 5.41 Å². The molecule has 1 aromatic rings. The molecule has 0 aliphatic heterocycles. The molecular formula is C19H35N7OS. The Morgan fingerprint density at radius 2 is 2.00 bits per heavy atom. The van der Waals surface area contributed by atoms with Gasteiger partial charge in [-0.2, -0.15) is 11.8 Å². The highest BCUT2D eigenvalue weighted by molar-refractivity contribution is 7.98. The zero-order valence-corrected chi connectivity index (χ0v) is 18.7. The molecule has 2 N–H and O–H groups in total. The fourth-order valence-corrected chi connectivity index (χ4v) is 4.01. The smallest absolute Gasteiger partial charge is 0.230 e. The van der Waals surface area contributed by atoms with Crippen molar-refractivity contribution in [2.24, 2.45) is 17.5 Å². The minimum Gasteiger partial charge on any atom is -0.356 e. The van der Waals surface area contributed by atoms with E-state index in [4.69, 9.17) is 4.99 Å². The van der Waals surface area contributed by atoms with E-state index in [1.807, 2.05) is 44.4 Å². The van der Waals surface area contributed by atoms with Crippen molar-refractivity contribution in [2.75, 3.05) is 39.2 Å². The van der Waals surface area contributed by atoms with Crippen molar-refractivity contribution in [1.82, 2.24) is 30.3 Å². The highest BCUT2D eigenvalue weighted by Crippen LogP contribution is 2.38. The van der Waals surface area contributed by atoms with Gasteiger partial charge in [-0.15, -0.1) is 10.2 Å². The molecule has 1 fully saturated rings. The van der Waals surface area contributed by atoms with Crippen LogP contribution in [0, 0.1) is 12.3 Å². The van der Waals surface area contributed by atoms with Crippen LogP contribution < -0.4 is 10.6 Å². The van der Waals surface area contributed by atoms with Crippen molar-refractivity contribution in [1.29, 1.82) is 0 Å². The topological polar surface area (TPSA) is 87.4 Å². The molecule has 0 saturated heterocycles. The van der Waals surface area contributed by atoms with Gasteiger partial charge in [0, 0.05) is 34.2 Å². The first-order valence-corrected chi connectivity index (χ1v) is 11.4. The SMILES string of the molecule is CSCCCNC(=NCc1nnc(C)n1C)NCC1(C(=O)N(C)C)CCCC1. The lowest BCUT2D eigenvalue weighted by atomic mass is 9.84. The lowest BCUT2D eigenvalue weighted by molar-refractivity contribution is -0.138. The summed E-state index contributed by atoms with van der Waals surface area (Å²) in [6.45, 7) is 3.83. The third kappa shape index (κ3) is 5.86. The Hall–Kier alpha value is -1.77. The molecule has 1 aromatic heterocycles. The van der Waals surface area contributed by atoms with Crippen molar-refractivity contribution in [3.05, 3.63) is 11.6 Å². The zero-order chi connectivity index (χ0) is 20.6. The van der Waals surface area contributed by atoms with Gasteiger partial charge >= 0.3 is 0 Å². The fraction of sp³-hybridized carbons (Fsp3) is 0.789. The molecule has 158 valence electrons. The van der Waals surface area contributed by atoms with Gasteiger partial charge in [-0.25, -0.2) is 4.99 Å². The molecular weight excluding hydrogens is 374 g/mol. The van der Waals surface area contributed by atoms with Crippen LogP contribution in [0.15, 0.2) is 4.99 Å². The second kappa shape index (κ2) is 10.7. The highest BCUT2D eigenvalue weighted by Gasteiger charge is 2.42. The van der Waals surface area contributed by atoms with E-state index in [9.17, 15) is 4.79 Å². The fourth-order valence-electron chi connectivity index (χ4n) is 3.58. The van der Waals surface area contributed by atoms with Crippen molar-refractivity contribution in [3.63, 3.8) is 0 Å². The lowest BCUT2D eigenvalue weighted by Gasteiger charge is -2.31. The summed E-state index contributed by atoms with van der Waals surface area (Å²) in [5.41, 5.74) is -0.327. The van der Waals surface area contributed by atoms with E-state index in [0.717, 1.165) is 62.0 Å². The second-order valence-corrected chi connectivity index (χ2v) is 8.69. The van der Waals surface area contributed by atoms with Crippen LogP contribution in [0.4, 0.5) is 0 Å². The Labute approximate surface area is 172 Å². The monoisotopic (exact) mass is 409 g/mol. The summed E-state index contributed by atoms with van der Waals surface area (Å²) in [6, 6.07) is 0. The maximum Gasteiger partial charge on any atom is 0.230 e. The van der Waals surface area contributed by atoms with Gasteiger partial charge in [0.2, 0.25) is 5.91 Å². The van der Waals surface area contributed by atoms with Gasteiger partial charge in [0.25, 0.3) is 0 Å². The van der Waals surface area contributed by atoms with Crippen molar-refractivity contribution < 1.29 is 4.79 Å². The average molecular weight is 410 g/mol. The standard InChI is InChI=1S/C19H35N7OS/c1-15-23-24-16(26(15)4)13-21-18(20-11-8-12-28-5)22-14-19(9-6-7-10-19)17(27)25(2)3/h6-14H2,1-5H3,(H2,20,21,22). The highest BCUT2D eigenvalue weighted by atomic mass is 32.2. The summed E-state index contributed by atoms with van der Waals surface area (Å²) in [5.74, 6) is 3.74. The van der Waals surface area contributed by atoms with E-state index in [0.29, 0.717) is 13.1 Å². The maximum absolute atomic E-state index is 12.8. The van der Waals surface area contributed by atoms with E-state index < -0.39 is 0 Å². The number of thioether (sulfide) groups is 1. The molecule has 1 saturated carbocycles. The van der Waals surface area contributed by atoms with Crippen LogP contribution in [-0.2, 0) is 18.4 Å². The summed E-state index contributed by atoms with van der Waals surface area (Å²) < 4.78 is 1.95. The van der Waals surface area contributed by atoms with E-state index in [1.165, 1.54) is 0 Å². The van der Waals surface area contributed by atoms with Crippen LogP contribution in [0.1, 0.15) is 43.8 Å². The van der Waals surface area contributed by atoms with Gasteiger partial charge in [-0.1, -0.05) is 12.8 Å². The summed E-state index contributed by atoms with van der Waals surface area (Å²) in [7, 11) is 5.63. The third-order valence-corrected chi connectivity index (χ3v) is 6.09. The van der Waals surface area contributed by atoms with Crippen LogP contribution in [0.3, 0.4) is 0 Å². The van der Waals surface area contributed by atoms with E-state index in [2.05, 4.69) is 27.1 Å². The molecule has 0 aromatic carbocycles. The average Bonchev–Trinajstić information content (AvgIpc) is 3.28. The van der Waals surface area contributed by atoms with E-state index in [1.54, 1.807) is 4.90 Å². The largest absolute Gasteiger partial charge is 0.356 e. The molecule has 0 spiro atoms. The number of hydrogen-bond acceptors (Lipinski definition) is 5. The van der Waals surface area contributed by atoms with Gasteiger partial charge in [0.15, 0.2) is 11.8 Å². The van der Waals surface area contributed by atoms with Crippen molar-refractivity contribution >= 4 is 23.6 Å². The molecule has 1 amide bonds. The number of guanidine groups is 1. The first kappa shape index (κ1) is 22.5. The third-order valence-electron chi connectivity index (χ3n) is 5.39. The minimum atomic E-state index is -0.327. The molecule has 1 aliphatic carbocycles. The predicted octanol–water partition coefficient (Wildman–Crippen LogP) is 1.56. The molecule has 1 aliphatic rings. The van der Waals surface area contributed by atoms with Crippen LogP contribution in [0.25, 0.3) is 0 Å². The van der Waals surface area contributed by atoms with E-state index in [-0.39, 0.29) is 11.3 Å². The first-order chi connectivity index (χ1) is 13.4. The van der Waals surface area contributed by atoms with Gasteiger partial charge in [0.1, 0.15) is 12.4 Å². The molecule has 0 bridgehead atoms. The molecule has 1 heterocycles. The Morgan fingerprint density at radius 3 is 2.57 bits per heavy atom. The van der Waals surface area contributed by atoms with E-state index >= 15 is 0 Å². The predicted molar refractivity (Wildman–Crippen MR) is 115 cm³/mol. The zero-order valence-electron chi connectivity index (χ0n) is 17.9. The number of carbonyl (C=O) groups is 1. The first-order valence-electron chi connectivity index (χ1n) is 9.97. The van der Waals surface area contributed by atoms with Crippen LogP contribution in [0.2, 0.25) is 0 Å². The maximum atomic E-state index is 12.8. The number of aliphatic imine (C=N–C) groups is 1. The van der Waals surface area contributed by atoms with Crippen LogP contribution >= 0.6 is 11.8 Å². The quantitative estimate of drug-likeness (QED) is 0.366. The summed E-state index contributed by atoms with van der Waals surface area (Å²) in [4.78, 5) is 19.2. The molecule has 9 heteroatoms. The van der Waals surface area contributed by atoms with Crippen molar-refractivity contribution in [3.8, 4) is 0 Å². The number of amides is 1. The molecule has 2 rings (SSSR count). The molecule has 0 atom stereocenters. The van der Waals surface area contributed by atoms with Crippen molar-refractivity contribution in [2.45, 2.75) is 45.6 Å². The molecule has 0 unspecified atom stereocenters. The van der Waals surface area contributed by atoms with Gasteiger partial charge in [-0.3, -0.25) is 4.79 Å². The molecule has 28 heavy (non-hydrogen) atoms.